The Morgan fingerprint density at radius 1 is 0.292 bits per heavy atom. The van der Waals surface area contributed by atoms with Crippen LogP contribution in [-0.4, -0.2) is 117 Å². The molecule has 21 nitrogen and oxygen atoms in total. The van der Waals surface area contributed by atoms with Crippen molar-refractivity contribution in [3.05, 3.63) is 296 Å². The highest BCUT2D eigenvalue weighted by Crippen LogP contribution is 2.38. The second kappa shape index (κ2) is 66.5. The zero-order valence-corrected chi connectivity index (χ0v) is 82.7. The zero-order valence-electron chi connectivity index (χ0n) is 79.5. The highest BCUT2D eigenvalue weighted by Gasteiger charge is 2.20. The predicted molar refractivity (Wildman–Crippen MR) is 560 cm³/mol. The lowest BCUT2D eigenvalue weighted by Crippen LogP contribution is -2.29. The highest BCUT2D eigenvalue weighted by atomic mass is 79.9. The monoisotopic (exact) mass is 2010 g/mol. The van der Waals surface area contributed by atoms with E-state index in [-0.39, 0.29) is 77.3 Å². The van der Waals surface area contributed by atoms with Crippen LogP contribution in [0.25, 0.3) is 22.3 Å². The Kier molecular flexibility index (Phi) is 57.9. The molecule has 0 amide bonds. The van der Waals surface area contributed by atoms with E-state index in [0.717, 1.165) is 185 Å². The molecule has 0 aromatic heterocycles. The molecule has 11 aromatic rings. The van der Waals surface area contributed by atoms with Gasteiger partial charge in [-0.2, -0.15) is 0 Å². The molecule has 24 heteroatoms. The first-order valence-corrected chi connectivity index (χ1v) is 46.8. The zero-order chi connectivity index (χ0) is 96.2. The number of carbonyl (C=O) groups excluding carboxylic acids is 4. The Hall–Kier alpha value is -12.0. The quantitative estimate of drug-likeness (QED) is 0.0156. The van der Waals surface area contributed by atoms with E-state index in [0.29, 0.717) is 89.8 Å². The van der Waals surface area contributed by atoms with Crippen LogP contribution in [0.5, 0.6) is 63.2 Å². The third-order valence-corrected chi connectivity index (χ3v) is 22.8. The first kappa shape index (κ1) is 119. The lowest BCUT2D eigenvalue weighted by atomic mass is 9.80. The topological polar surface area (TPSA) is 247 Å². The molecule has 742 valence electrons. The van der Waals surface area contributed by atoms with Gasteiger partial charge in [-0.1, -0.05) is 232 Å². The van der Waals surface area contributed by atoms with Crippen molar-refractivity contribution in [3.8, 4) is 85.5 Å². The van der Waals surface area contributed by atoms with Crippen LogP contribution in [0.1, 0.15) is 230 Å². The van der Waals surface area contributed by atoms with Gasteiger partial charge in [0.2, 0.25) is 0 Å². The summed E-state index contributed by atoms with van der Waals surface area (Å²) >= 11 is 7.05. The van der Waals surface area contributed by atoms with Gasteiger partial charge in [-0.05, 0) is 264 Å². The van der Waals surface area contributed by atoms with E-state index < -0.39 is 7.12 Å². The van der Waals surface area contributed by atoms with E-state index in [2.05, 4.69) is 96.0 Å². The number of hydrogen-bond donors (Lipinski definition) is 2. The average molecular weight is 2010 g/mol. The maximum Gasteiger partial charge on any atom is 0.488 e. The Balaban J connectivity index is 0.000000450. The smallest absolute Gasteiger partial charge is 0.488 e. The number of halogens is 2. The van der Waals surface area contributed by atoms with E-state index in [4.69, 9.17) is 81.1 Å². The molecule has 0 fully saturated rings. The summed E-state index contributed by atoms with van der Waals surface area (Å²) in [6.45, 7) is 21.1. The van der Waals surface area contributed by atoms with Crippen LogP contribution in [0.2, 0.25) is 0 Å². The lowest BCUT2D eigenvalue weighted by molar-refractivity contribution is -0.141. The minimum absolute atomic E-state index is 0. The maximum absolute atomic E-state index is 11.6. The van der Waals surface area contributed by atoms with Gasteiger partial charge >= 0.3 is 31.0 Å². The summed E-state index contributed by atoms with van der Waals surface area (Å²) in [5.74, 6) is 8.22. The molecule has 0 radical (unpaired) electrons. The summed E-state index contributed by atoms with van der Waals surface area (Å²) in [4.78, 5) is 46.2. The normalized spacial score (nSPS) is 11.1. The number of methoxy groups -OCH3 is 7. The molecule has 0 unspecified atom stereocenters. The fourth-order valence-electron chi connectivity index (χ4n) is 13.3. The maximum atomic E-state index is 11.6. The van der Waals surface area contributed by atoms with Crippen molar-refractivity contribution in [2.24, 2.45) is 0 Å². The molecule has 0 heterocycles. The van der Waals surface area contributed by atoms with Gasteiger partial charge in [0.05, 0.1) is 111 Å². The van der Waals surface area contributed by atoms with E-state index in [1.54, 1.807) is 45.6 Å². The van der Waals surface area contributed by atoms with Gasteiger partial charge in [0.25, 0.3) is 0 Å². The molecular formula is C113H147BBr2O21. The van der Waals surface area contributed by atoms with Crippen LogP contribution in [0.4, 0.5) is 0 Å². The molecule has 2 N–H and O–H groups in total. The Labute approximate surface area is 833 Å². The Morgan fingerprint density at radius 2 is 0.533 bits per heavy atom. The Morgan fingerprint density at radius 3 is 0.774 bits per heavy atom. The van der Waals surface area contributed by atoms with Gasteiger partial charge in [0.1, 0.15) is 89.7 Å². The number of rotatable bonds is 46. The SMILES string of the molecule is C.C.C.C.CCCCOc1cc(COc2cccc([C@@H](C)CC(=O)OC)c2)ccc1-c1ccc(OC)cc1.CCCCOc1cc(COc2cccc([C@@H](C)CC(=O)OC)c2)ccc1Br.CCCCOc1cc(COc2cccc([C@H](C)CC(=O)OC)c2)ccc1-c1ccc(OC)cc1.CCCCOc1cc(COc2cccc([C@H](C)CC(=O)OC)c2)ccc1Br.COc1ccc(B(O)O)cc1. The molecular weight excluding hydrogens is 1860 g/mol. The molecule has 0 bridgehead atoms. The molecule has 137 heavy (non-hydrogen) atoms. The predicted octanol–water partition coefficient (Wildman–Crippen LogP) is 27.2. The summed E-state index contributed by atoms with van der Waals surface area (Å²) in [7, 11) is 9.13. The van der Waals surface area contributed by atoms with Gasteiger partial charge in [-0.25, -0.2) is 0 Å². The minimum atomic E-state index is -1.40. The van der Waals surface area contributed by atoms with Gasteiger partial charge in [0, 0.05) is 11.1 Å². The third-order valence-electron chi connectivity index (χ3n) is 21.5. The summed E-state index contributed by atoms with van der Waals surface area (Å²) in [6, 6.07) is 78.3. The Bertz CT molecular complexity index is 4980. The number of carbonyl (C=O) groups is 4. The summed E-state index contributed by atoms with van der Waals surface area (Å²) < 4.78 is 84.4. The number of ether oxygens (including phenoxy) is 15. The van der Waals surface area contributed by atoms with E-state index in [9.17, 15) is 19.2 Å². The first-order chi connectivity index (χ1) is 64.4. The fourth-order valence-corrected chi connectivity index (χ4v) is 14.0. The van der Waals surface area contributed by atoms with Crippen LogP contribution in [-0.2, 0) is 64.6 Å². The van der Waals surface area contributed by atoms with Crippen molar-refractivity contribution in [3.63, 3.8) is 0 Å². The van der Waals surface area contributed by atoms with Gasteiger partial charge in [0.15, 0.2) is 0 Å². The van der Waals surface area contributed by atoms with E-state index in [1.807, 2.05) is 210 Å². The third kappa shape index (κ3) is 42.7. The van der Waals surface area contributed by atoms with Gasteiger partial charge in [-0.3, -0.25) is 19.2 Å². The molecule has 0 aliphatic carbocycles. The van der Waals surface area contributed by atoms with Gasteiger partial charge in [-0.15, -0.1) is 0 Å². The second-order valence-corrected chi connectivity index (χ2v) is 33.5. The molecule has 11 aromatic carbocycles. The van der Waals surface area contributed by atoms with Crippen molar-refractivity contribution in [2.75, 3.05) is 76.2 Å². The minimum Gasteiger partial charge on any atom is -0.497 e. The van der Waals surface area contributed by atoms with Crippen molar-refractivity contribution in [1.82, 2.24) is 0 Å². The summed E-state index contributed by atoms with van der Waals surface area (Å²) in [5, 5.41) is 17.4. The van der Waals surface area contributed by atoms with E-state index in [1.165, 1.54) is 28.4 Å². The standard InChI is InChI=1S/2C29H34O5.2C22H27BrO4.C7H9BO3.4CH4/c2*1-5-6-16-33-28-18-22(10-15-27(28)23-11-13-25(31-3)14-12-23)20-34-26-9-7-8-24(19-26)21(2)17-29(30)32-4;2*1-4-5-11-26-21-13-17(9-10-20(21)23)15-27-19-8-6-7-18(14-19)16(2)12-22(24)25-3;1-11-7-4-2-6(3-5-7)8(9)10;;;;/h2*7-15,18-19,21H,5-6,16-17,20H2,1-4H3;2*6-10,13-14,16H,4-5,11-12,15H2,1-3H3;2-5,9-10H,1H3;4*1H4/t2*21-;2*16-;;;;;/m1010...../s1. The molecule has 0 saturated carbocycles. The first-order valence-electron chi connectivity index (χ1n) is 45.2. The van der Waals surface area contributed by atoms with Crippen LogP contribution in [0, 0.1) is 0 Å². The van der Waals surface area contributed by atoms with Crippen LogP contribution in [0.15, 0.2) is 252 Å². The summed E-state index contributed by atoms with van der Waals surface area (Å²) in [6.07, 6.45) is 9.80. The molecule has 4 atom stereocenters. The largest absolute Gasteiger partial charge is 0.497 e. The van der Waals surface area contributed by atoms with Gasteiger partial charge < -0.3 is 81.1 Å². The van der Waals surface area contributed by atoms with Crippen LogP contribution >= 0.6 is 31.9 Å². The van der Waals surface area contributed by atoms with Crippen LogP contribution in [0.3, 0.4) is 0 Å². The molecule has 0 aliphatic rings. The summed E-state index contributed by atoms with van der Waals surface area (Å²) in [5.41, 5.74) is 13.0. The van der Waals surface area contributed by atoms with Crippen molar-refractivity contribution >= 4 is 68.3 Å². The molecule has 0 saturated heterocycles. The number of hydrogen-bond acceptors (Lipinski definition) is 21. The van der Waals surface area contributed by atoms with Crippen LogP contribution < -0.4 is 57.6 Å². The molecule has 11 rings (SSSR count). The molecule has 0 spiro atoms. The lowest BCUT2D eigenvalue weighted by Gasteiger charge is -2.15. The number of benzene rings is 11. The number of unbranched alkanes of at least 4 members (excludes halogenated alkanes) is 4. The van der Waals surface area contributed by atoms with Crippen molar-refractivity contribution < 1.29 is 100 Å². The second-order valence-electron chi connectivity index (χ2n) is 31.8. The fraction of sp³-hybridized carbons (Fsp3) is 0.381. The van der Waals surface area contributed by atoms with Crippen molar-refractivity contribution in [1.29, 1.82) is 0 Å². The van der Waals surface area contributed by atoms with Crippen molar-refractivity contribution in [2.45, 2.75) is 212 Å². The highest BCUT2D eigenvalue weighted by molar-refractivity contribution is 9.11. The molecule has 0 aliphatic heterocycles. The average Bonchev–Trinajstić information content (AvgIpc) is 0.817. The number of esters is 4. The van der Waals surface area contributed by atoms with E-state index >= 15 is 0 Å².